The monoisotopic (exact) mass is 294 g/mol. The number of hydrogen-bond donors (Lipinski definition) is 1. The number of nitro groups is 1. The summed E-state index contributed by atoms with van der Waals surface area (Å²) in [5.74, 6) is -0.763. The molecule has 0 amide bonds. The van der Waals surface area contributed by atoms with Crippen molar-refractivity contribution >= 4 is 17.3 Å². The van der Waals surface area contributed by atoms with E-state index in [-0.39, 0.29) is 11.3 Å². The zero-order chi connectivity index (χ0) is 15.4. The molecule has 1 N–H and O–H groups in total. The first kappa shape index (κ1) is 15.2. The molecule has 21 heavy (non-hydrogen) atoms. The standard InChI is InChI=1S/C14H18N2O5/c1-21-9-10-4-6-15(7-5-10)11-2-3-13(16(19)20)12(8-11)14(17)18/h2-3,8,10H,4-7,9H2,1H3,(H,17,18). The molecule has 1 fully saturated rings. The Hall–Kier alpha value is -2.15. The minimum Gasteiger partial charge on any atom is -0.477 e. The van der Waals surface area contributed by atoms with Crippen LogP contribution in [0.25, 0.3) is 0 Å². The Labute approximate surface area is 122 Å². The summed E-state index contributed by atoms with van der Waals surface area (Å²) in [6, 6.07) is 4.26. The fourth-order valence-electron chi connectivity index (χ4n) is 2.64. The van der Waals surface area contributed by atoms with Crippen LogP contribution >= 0.6 is 0 Å². The second-order valence-electron chi connectivity index (χ2n) is 5.15. The average Bonchev–Trinajstić information content (AvgIpc) is 2.47. The predicted molar refractivity (Wildman–Crippen MR) is 76.9 cm³/mol. The smallest absolute Gasteiger partial charge is 0.342 e. The number of anilines is 1. The molecule has 1 aromatic rings. The van der Waals surface area contributed by atoms with E-state index in [9.17, 15) is 14.9 Å². The number of ether oxygens (including phenoxy) is 1. The lowest BCUT2D eigenvalue weighted by molar-refractivity contribution is -0.385. The van der Waals surface area contributed by atoms with Crippen LogP contribution in [0.15, 0.2) is 18.2 Å². The third-order valence-electron chi connectivity index (χ3n) is 3.79. The fraction of sp³-hybridized carbons (Fsp3) is 0.500. The second kappa shape index (κ2) is 6.53. The second-order valence-corrected chi connectivity index (χ2v) is 5.15. The Balaban J connectivity index is 2.16. The zero-order valence-electron chi connectivity index (χ0n) is 11.8. The molecule has 1 aliphatic heterocycles. The lowest BCUT2D eigenvalue weighted by atomic mass is 9.97. The largest absolute Gasteiger partial charge is 0.477 e. The van der Waals surface area contributed by atoms with E-state index in [1.165, 1.54) is 12.1 Å². The number of benzene rings is 1. The van der Waals surface area contributed by atoms with Crippen LogP contribution in [-0.4, -0.2) is 42.8 Å². The van der Waals surface area contributed by atoms with Gasteiger partial charge in [0.15, 0.2) is 0 Å². The van der Waals surface area contributed by atoms with E-state index in [1.54, 1.807) is 13.2 Å². The molecule has 0 bridgehead atoms. The Morgan fingerprint density at radius 1 is 1.48 bits per heavy atom. The first-order valence-corrected chi connectivity index (χ1v) is 6.78. The van der Waals surface area contributed by atoms with Gasteiger partial charge in [0, 0.05) is 38.6 Å². The number of piperidine rings is 1. The van der Waals surface area contributed by atoms with Gasteiger partial charge in [-0.15, -0.1) is 0 Å². The molecule has 0 radical (unpaired) electrons. The third-order valence-corrected chi connectivity index (χ3v) is 3.79. The van der Waals surface area contributed by atoms with E-state index in [4.69, 9.17) is 9.84 Å². The van der Waals surface area contributed by atoms with Gasteiger partial charge in [-0.2, -0.15) is 0 Å². The number of hydrogen-bond acceptors (Lipinski definition) is 5. The van der Waals surface area contributed by atoms with Crippen molar-refractivity contribution in [1.82, 2.24) is 0 Å². The van der Waals surface area contributed by atoms with Gasteiger partial charge in [0.1, 0.15) is 5.56 Å². The first-order valence-electron chi connectivity index (χ1n) is 6.78. The highest BCUT2D eigenvalue weighted by atomic mass is 16.6. The van der Waals surface area contributed by atoms with Crippen molar-refractivity contribution in [3.63, 3.8) is 0 Å². The number of carboxylic acid groups (broad SMARTS) is 1. The number of methoxy groups -OCH3 is 1. The topological polar surface area (TPSA) is 92.9 Å². The summed E-state index contributed by atoms with van der Waals surface area (Å²) < 4.78 is 5.14. The minimum absolute atomic E-state index is 0.267. The van der Waals surface area contributed by atoms with Gasteiger partial charge in [-0.25, -0.2) is 4.79 Å². The number of carboxylic acids is 1. The normalized spacial score (nSPS) is 16.0. The molecule has 7 heteroatoms. The maximum absolute atomic E-state index is 11.2. The predicted octanol–water partition coefficient (Wildman–Crippen LogP) is 2.16. The lowest BCUT2D eigenvalue weighted by Crippen LogP contribution is -2.35. The van der Waals surface area contributed by atoms with Crippen LogP contribution in [0.1, 0.15) is 23.2 Å². The number of nitro benzene ring substituents is 1. The number of nitrogens with zero attached hydrogens (tertiary/aromatic N) is 2. The van der Waals surface area contributed by atoms with Gasteiger partial charge in [-0.1, -0.05) is 0 Å². The molecule has 114 valence electrons. The Kier molecular flexibility index (Phi) is 4.74. The summed E-state index contributed by atoms with van der Waals surface area (Å²) in [5, 5.41) is 20.0. The maximum Gasteiger partial charge on any atom is 0.342 e. The summed E-state index contributed by atoms with van der Waals surface area (Å²) in [4.78, 5) is 23.4. The van der Waals surface area contributed by atoms with Gasteiger partial charge < -0.3 is 14.7 Å². The van der Waals surface area contributed by atoms with Crippen LogP contribution in [0, 0.1) is 16.0 Å². The summed E-state index contributed by atoms with van der Waals surface area (Å²) in [5.41, 5.74) is 0.0749. The molecule has 1 heterocycles. The van der Waals surface area contributed by atoms with Gasteiger partial charge in [0.2, 0.25) is 0 Å². The molecule has 7 nitrogen and oxygen atoms in total. The van der Waals surface area contributed by atoms with Gasteiger partial charge >= 0.3 is 5.97 Å². The Morgan fingerprint density at radius 2 is 2.14 bits per heavy atom. The molecule has 0 unspecified atom stereocenters. The summed E-state index contributed by atoms with van der Waals surface area (Å²) in [6.45, 7) is 2.32. The molecule has 0 spiro atoms. The van der Waals surface area contributed by atoms with Crippen molar-refractivity contribution in [1.29, 1.82) is 0 Å². The zero-order valence-corrected chi connectivity index (χ0v) is 11.8. The molecule has 0 atom stereocenters. The van der Waals surface area contributed by atoms with Crippen molar-refractivity contribution < 1.29 is 19.6 Å². The van der Waals surface area contributed by atoms with Gasteiger partial charge in [0.25, 0.3) is 5.69 Å². The van der Waals surface area contributed by atoms with Gasteiger partial charge in [-0.3, -0.25) is 10.1 Å². The van der Waals surface area contributed by atoms with E-state index < -0.39 is 10.9 Å². The number of aromatic carboxylic acids is 1. The van der Waals surface area contributed by atoms with E-state index in [0.29, 0.717) is 11.6 Å². The first-order chi connectivity index (χ1) is 10.0. The lowest BCUT2D eigenvalue weighted by Gasteiger charge is -2.33. The Morgan fingerprint density at radius 3 is 2.67 bits per heavy atom. The van der Waals surface area contributed by atoms with Crippen molar-refractivity contribution in [2.75, 3.05) is 31.7 Å². The quantitative estimate of drug-likeness (QED) is 0.660. The highest BCUT2D eigenvalue weighted by Crippen LogP contribution is 2.28. The van der Waals surface area contributed by atoms with Crippen LogP contribution in [0.4, 0.5) is 11.4 Å². The Bertz CT molecular complexity index is 538. The maximum atomic E-state index is 11.2. The number of rotatable bonds is 5. The molecule has 1 saturated heterocycles. The van der Waals surface area contributed by atoms with Crippen molar-refractivity contribution in [3.8, 4) is 0 Å². The van der Waals surface area contributed by atoms with E-state index in [1.807, 2.05) is 0 Å². The summed E-state index contributed by atoms with van der Waals surface area (Å²) >= 11 is 0. The van der Waals surface area contributed by atoms with Crippen molar-refractivity contribution in [2.45, 2.75) is 12.8 Å². The van der Waals surface area contributed by atoms with Crippen LogP contribution in [0.3, 0.4) is 0 Å². The van der Waals surface area contributed by atoms with Gasteiger partial charge in [0.05, 0.1) is 4.92 Å². The SMILES string of the molecule is COCC1CCN(c2ccc([N+](=O)[O-])c(C(=O)O)c2)CC1. The van der Waals surface area contributed by atoms with Crippen LogP contribution in [0.2, 0.25) is 0 Å². The highest BCUT2D eigenvalue weighted by molar-refractivity contribution is 5.93. The van der Waals surface area contributed by atoms with Crippen LogP contribution in [-0.2, 0) is 4.74 Å². The molecule has 1 aliphatic rings. The van der Waals surface area contributed by atoms with Crippen LogP contribution in [0.5, 0.6) is 0 Å². The van der Waals surface area contributed by atoms with Crippen molar-refractivity contribution in [2.24, 2.45) is 5.92 Å². The summed E-state index contributed by atoms with van der Waals surface area (Å²) in [7, 11) is 1.68. The molecule has 0 saturated carbocycles. The third kappa shape index (κ3) is 3.49. The molecule has 2 rings (SSSR count). The van der Waals surface area contributed by atoms with E-state index in [0.717, 1.165) is 32.5 Å². The van der Waals surface area contributed by atoms with E-state index in [2.05, 4.69) is 4.90 Å². The average molecular weight is 294 g/mol. The highest BCUT2D eigenvalue weighted by Gasteiger charge is 2.24. The number of carbonyl (C=O) groups is 1. The molecule has 0 aliphatic carbocycles. The molecule has 0 aromatic heterocycles. The van der Waals surface area contributed by atoms with Gasteiger partial charge in [-0.05, 0) is 30.9 Å². The van der Waals surface area contributed by atoms with E-state index >= 15 is 0 Å². The fourth-order valence-corrected chi connectivity index (χ4v) is 2.64. The van der Waals surface area contributed by atoms with Crippen molar-refractivity contribution in [3.05, 3.63) is 33.9 Å². The van der Waals surface area contributed by atoms with Crippen LogP contribution < -0.4 is 4.90 Å². The molecular formula is C14H18N2O5. The minimum atomic E-state index is -1.28. The molecule has 1 aromatic carbocycles. The summed E-state index contributed by atoms with van der Waals surface area (Å²) in [6.07, 6.45) is 1.93. The molecular weight excluding hydrogens is 276 g/mol.